The summed E-state index contributed by atoms with van der Waals surface area (Å²) in [5.74, 6) is -0.847. The van der Waals surface area contributed by atoms with Crippen molar-refractivity contribution in [1.29, 1.82) is 0 Å². The first-order chi connectivity index (χ1) is 10.1. The van der Waals surface area contributed by atoms with Gasteiger partial charge < -0.3 is 10.2 Å². The molecule has 1 unspecified atom stereocenters. The first-order valence-electron chi connectivity index (χ1n) is 7.49. The quantitative estimate of drug-likeness (QED) is 0.930. The highest BCUT2D eigenvalue weighted by Crippen LogP contribution is 2.29. The van der Waals surface area contributed by atoms with Crippen molar-refractivity contribution in [1.82, 2.24) is 4.90 Å². The van der Waals surface area contributed by atoms with E-state index in [0.29, 0.717) is 18.3 Å². The number of benzene rings is 1. The normalized spacial score (nSPS) is 22.8. The number of nitrogens with one attached hydrogen (secondary N) is 1. The number of hydrogen-bond acceptors (Lipinski definition) is 2. The second-order valence-corrected chi connectivity index (χ2v) is 5.89. The lowest BCUT2D eigenvalue weighted by Crippen LogP contribution is -2.35. The monoisotopic (exact) mass is 290 g/mol. The van der Waals surface area contributed by atoms with E-state index in [2.05, 4.69) is 5.32 Å². The molecular formula is C16H19FN2O2. The summed E-state index contributed by atoms with van der Waals surface area (Å²) in [6.45, 7) is 0.491. The number of carbonyl (C=O) groups is 2. The van der Waals surface area contributed by atoms with Crippen LogP contribution in [0.2, 0.25) is 0 Å². The molecule has 1 saturated carbocycles. The SMILES string of the molecule is O=C(Nc1cccc(F)c1)C1CC(=O)N(C2CCCC2)C1. The largest absolute Gasteiger partial charge is 0.339 e. The molecule has 1 aromatic rings. The Morgan fingerprint density at radius 2 is 2.05 bits per heavy atom. The second-order valence-electron chi connectivity index (χ2n) is 5.89. The van der Waals surface area contributed by atoms with Crippen molar-refractivity contribution in [2.24, 2.45) is 5.92 Å². The van der Waals surface area contributed by atoms with Crippen LogP contribution in [0.3, 0.4) is 0 Å². The summed E-state index contributed by atoms with van der Waals surface area (Å²) >= 11 is 0. The third kappa shape index (κ3) is 3.06. The van der Waals surface area contributed by atoms with Crippen molar-refractivity contribution in [2.75, 3.05) is 11.9 Å². The van der Waals surface area contributed by atoms with Crippen LogP contribution in [0.5, 0.6) is 0 Å². The van der Waals surface area contributed by atoms with E-state index in [9.17, 15) is 14.0 Å². The number of rotatable bonds is 3. The molecule has 1 saturated heterocycles. The van der Waals surface area contributed by atoms with E-state index in [4.69, 9.17) is 0 Å². The molecule has 1 N–H and O–H groups in total. The molecule has 2 fully saturated rings. The molecule has 3 rings (SSSR count). The number of likely N-dealkylation sites (tertiary alicyclic amines) is 1. The lowest BCUT2D eigenvalue weighted by Gasteiger charge is -2.23. The zero-order valence-electron chi connectivity index (χ0n) is 11.8. The first-order valence-corrected chi connectivity index (χ1v) is 7.49. The molecular weight excluding hydrogens is 271 g/mol. The van der Waals surface area contributed by atoms with Gasteiger partial charge in [-0.3, -0.25) is 9.59 Å². The van der Waals surface area contributed by atoms with Crippen LogP contribution in [0.15, 0.2) is 24.3 Å². The van der Waals surface area contributed by atoms with Gasteiger partial charge >= 0.3 is 0 Å². The Bertz CT molecular complexity index is 555. The predicted molar refractivity (Wildman–Crippen MR) is 77.1 cm³/mol. The molecule has 1 heterocycles. The molecule has 112 valence electrons. The topological polar surface area (TPSA) is 49.4 Å². The zero-order valence-corrected chi connectivity index (χ0v) is 11.8. The fourth-order valence-electron chi connectivity index (χ4n) is 3.29. The summed E-state index contributed by atoms with van der Waals surface area (Å²) in [7, 11) is 0. The number of hydrogen-bond donors (Lipinski definition) is 1. The maximum atomic E-state index is 13.1. The molecule has 2 aliphatic rings. The van der Waals surface area contributed by atoms with Gasteiger partial charge in [-0.25, -0.2) is 4.39 Å². The Hall–Kier alpha value is -1.91. The molecule has 1 atom stereocenters. The van der Waals surface area contributed by atoms with Crippen LogP contribution in [0.25, 0.3) is 0 Å². The fraction of sp³-hybridized carbons (Fsp3) is 0.500. The first kappa shape index (κ1) is 14.0. The number of anilines is 1. The summed E-state index contributed by atoms with van der Waals surface area (Å²) < 4.78 is 13.1. The summed E-state index contributed by atoms with van der Waals surface area (Å²) in [6.07, 6.45) is 4.68. The standard InChI is InChI=1S/C16H19FN2O2/c17-12-4-3-5-13(9-12)18-16(21)11-8-15(20)19(10-11)14-6-1-2-7-14/h3-5,9,11,14H,1-2,6-8,10H2,(H,18,21). The molecule has 2 amide bonds. The average molecular weight is 290 g/mol. The van der Waals surface area contributed by atoms with Gasteiger partial charge in [0.05, 0.1) is 5.92 Å². The summed E-state index contributed by atoms with van der Waals surface area (Å²) in [6, 6.07) is 6.12. The lowest BCUT2D eigenvalue weighted by molar-refractivity contribution is -0.129. The highest BCUT2D eigenvalue weighted by atomic mass is 19.1. The van der Waals surface area contributed by atoms with Crippen LogP contribution < -0.4 is 5.32 Å². The van der Waals surface area contributed by atoms with E-state index in [1.54, 1.807) is 12.1 Å². The fourth-order valence-corrected chi connectivity index (χ4v) is 3.29. The Kier molecular flexibility index (Phi) is 3.90. The van der Waals surface area contributed by atoms with Gasteiger partial charge in [0, 0.05) is 24.7 Å². The van der Waals surface area contributed by atoms with Crippen molar-refractivity contribution in [2.45, 2.75) is 38.1 Å². The minimum Gasteiger partial charge on any atom is -0.339 e. The number of nitrogens with zero attached hydrogens (tertiary/aromatic N) is 1. The van der Waals surface area contributed by atoms with Gasteiger partial charge in [-0.1, -0.05) is 18.9 Å². The van der Waals surface area contributed by atoms with Gasteiger partial charge in [0.1, 0.15) is 5.82 Å². The molecule has 0 aromatic heterocycles. The van der Waals surface area contributed by atoms with Gasteiger partial charge in [-0.2, -0.15) is 0 Å². The van der Waals surface area contributed by atoms with Crippen molar-refractivity contribution in [3.8, 4) is 0 Å². The van der Waals surface area contributed by atoms with Crippen molar-refractivity contribution < 1.29 is 14.0 Å². The maximum Gasteiger partial charge on any atom is 0.229 e. The van der Waals surface area contributed by atoms with Crippen LogP contribution in [-0.4, -0.2) is 29.3 Å². The van der Waals surface area contributed by atoms with Crippen LogP contribution in [0, 0.1) is 11.7 Å². The molecule has 21 heavy (non-hydrogen) atoms. The van der Waals surface area contributed by atoms with E-state index >= 15 is 0 Å². The third-order valence-corrected chi connectivity index (χ3v) is 4.39. The summed E-state index contributed by atoms with van der Waals surface area (Å²) in [4.78, 5) is 26.2. The highest BCUT2D eigenvalue weighted by Gasteiger charge is 2.38. The summed E-state index contributed by atoms with van der Waals surface area (Å²) in [5, 5.41) is 2.70. The molecule has 1 aliphatic heterocycles. The molecule has 1 aromatic carbocycles. The van der Waals surface area contributed by atoms with Crippen LogP contribution >= 0.6 is 0 Å². The minimum atomic E-state index is -0.386. The molecule has 4 nitrogen and oxygen atoms in total. The molecule has 5 heteroatoms. The van der Waals surface area contributed by atoms with E-state index < -0.39 is 0 Å². The van der Waals surface area contributed by atoms with Gasteiger partial charge in [-0.05, 0) is 31.0 Å². The van der Waals surface area contributed by atoms with Gasteiger partial charge in [0.2, 0.25) is 11.8 Å². The van der Waals surface area contributed by atoms with Crippen molar-refractivity contribution in [3.63, 3.8) is 0 Å². The number of carbonyl (C=O) groups excluding carboxylic acids is 2. The molecule has 0 bridgehead atoms. The Morgan fingerprint density at radius 1 is 1.29 bits per heavy atom. The van der Waals surface area contributed by atoms with E-state index in [-0.39, 0.29) is 30.0 Å². The smallest absolute Gasteiger partial charge is 0.229 e. The highest BCUT2D eigenvalue weighted by molar-refractivity contribution is 5.97. The molecule has 0 radical (unpaired) electrons. The lowest BCUT2D eigenvalue weighted by atomic mass is 10.1. The summed E-state index contributed by atoms with van der Waals surface area (Å²) in [5.41, 5.74) is 0.437. The Morgan fingerprint density at radius 3 is 2.76 bits per heavy atom. The van der Waals surface area contributed by atoms with Gasteiger partial charge in [0.25, 0.3) is 0 Å². The molecule has 1 aliphatic carbocycles. The average Bonchev–Trinajstić information content (AvgIpc) is 3.07. The molecule has 0 spiro atoms. The van der Waals surface area contributed by atoms with E-state index in [1.165, 1.54) is 12.1 Å². The number of halogens is 1. The minimum absolute atomic E-state index is 0.0706. The van der Waals surface area contributed by atoms with Gasteiger partial charge in [-0.15, -0.1) is 0 Å². The predicted octanol–water partition coefficient (Wildman–Crippen LogP) is 2.56. The third-order valence-electron chi connectivity index (χ3n) is 4.39. The second kappa shape index (κ2) is 5.84. The van der Waals surface area contributed by atoms with Crippen LogP contribution in [0.4, 0.5) is 10.1 Å². The number of amides is 2. The maximum absolute atomic E-state index is 13.1. The van der Waals surface area contributed by atoms with Gasteiger partial charge in [0.15, 0.2) is 0 Å². The Labute approximate surface area is 123 Å². The van der Waals surface area contributed by atoms with Crippen molar-refractivity contribution >= 4 is 17.5 Å². The van der Waals surface area contributed by atoms with E-state index in [0.717, 1.165) is 25.7 Å². The zero-order chi connectivity index (χ0) is 14.8. The van der Waals surface area contributed by atoms with Crippen molar-refractivity contribution in [3.05, 3.63) is 30.1 Å². The van der Waals surface area contributed by atoms with Crippen LogP contribution in [-0.2, 0) is 9.59 Å². The Balaban J connectivity index is 1.62. The van der Waals surface area contributed by atoms with E-state index in [1.807, 2.05) is 4.90 Å². The van der Waals surface area contributed by atoms with Crippen LogP contribution in [0.1, 0.15) is 32.1 Å².